The molecule has 26 heavy (non-hydrogen) atoms. The molecule has 0 aliphatic carbocycles. The number of aliphatic hydroxyl groups excluding tert-OH is 1. The third-order valence-electron chi connectivity index (χ3n) is 3.86. The number of aromatic amines is 1. The minimum Gasteiger partial charge on any atom is -0.476 e. The lowest BCUT2D eigenvalue weighted by atomic mass is 10.0. The average Bonchev–Trinajstić information content (AvgIpc) is 3.03. The zero-order chi connectivity index (χ0) is 18.5. The van der Waals surface area contributed by atoms with Crippen LogP contribution in [0.2, 0.25) is 0 Å². The third-order valence-corrected chi connectivity index (χ3v) is 3.86. The van der Waals surface area contributed by atoms with Crippen molar-refractivity contribution in [2.75, 3.05) is 11.9 Å². The highest BCUT2D eigenvalue weighted by Gasteiger charge is 2.20. The molecule has 136 valence electrons. The second kappa shape index (κ2) is 7.83. The summed E-state index contributed by atoms with van der Waals surface area (Å²) in [6, 6.07) is 9.96. The smallest absolute Gasteiger partial charge is 0.320 e. The van der Waals surface area contributed by atoms with Gasteiger partial charge in [-0.1, -0.05) is 30.3 Å². The molecule has 0 aliphatic rings. The SMILES string of the molecule is CCOc1n[nH]c2cc(NC(=O)N[C@@H](c3ccccc3)[C@@H](C)O)ncc12. The van der Waals surface area contributed by atoms with Crippen molar-refractivity contribution in [3.05, 3.63) is 48.2 Å². The first-order chi connectivity index (χ1) is 12.6. The number of nitrogens with one attached hydrogen (secondary N) is 3. The number of ether oxygens (including phenoxy) is 1. The molecule has 0 spiro atoms. The van der Waals surface area contributed by atoms with E-state index in [0.29, 0.717) is 23.8 Å². The van der Waals surface area contributed by atoms with E-state index in [1.54, 1.807) is 19.2 Å². The number of nitrogens with zero attached hydrogens (tertiary/aromatic N) is 2. The Hall–Kier alpha value is -3.13. The van der Waals surface area contributed by atoms with Crippen LogP contribution in [0.25, 0.3) is 10.9 Å². The van der Waals surface area contributed by atoms with E-state index in [-0.39, 0.29) is 0 Å². The quantitative estimate of drug-likeness (QED) is 0.543. The summed E-state index contributed by atoms with van der Waals surface area (Å²) in [6.07, 6.45) is 0.836. The molecule has 3 rings (SSSR count). The number of pyridine rings is 1. The van der Waals surface area contributed by atoms with Crippen LogP contribution < -0.4 is 15.4 Å². The minimum atomic E-state index is -0.750. The summed E-state index contributed by atoms with van der Waals surface area (Å²) < 4.78 is 5.40. The van der Waals surface area contributed by atoms with Gasteiger partial charge in [0.15, 0.2) is 0 Å². The van der Waals surface area contributed by atoms with E-state index in [1.807, 2.05) is 37.3 Å². The van der Waals surface area contributed by atoms with Gasteiger partial charge in [0.2, 0.25) is 5.88 Å². The molecular formula is C18H21N5O3. The third kappa shape index (κ3) is 3.92. The number of carbonyl (C=O) groups is 1. The number of carbonyl (C=O) groups excluding carboxylic acids is 1. The number of hydrogen-bond donors (Lipinski definition) is 4. The number of urea groups is 1. The van der Waals surface area contributed by atoms with Crippen LogP contribution in [0.3, 0.4) is 0 Å². The molecule has 2 heterocycles. The number of fused-ring (bicyclic) bond motifs is 1. The number of H-pyrrole nitrogens is 1. The molecule has 3 aromatic rings. The number of aliphatic hydroxyl groups is 1. The molecule has 8 nitrogen and oxygen atoms in total. The predicted molar refractivity (Wildman–Crippen MR) is 98.1 cm³/mol. The molecule has 8 heteroatoms. The van der Waals surface area contributed by atoms with Gasteiger partial charge in [-0.05, 0) is 19.4 Å². The summed E-state index contributed by atoms with van der Waals surface area (Å²) >= 11 is 0. The van der Waals surface area contributed by atoms with Gasteiger partial charge in [-0.15, -0.1) is 5.10 Å². The molecule has 0 saturated carbocycles. The molecule has 0 fully saturated rings. The van der Waals surface area contributed by atoms with E-state index in [9.17, 15) is 9.90 Å². The first-order valence-electron chi connectivity index (χ1n) is 8.36. The van der Waals surface area contributed by atoms with Crippen molar-refractivity contribution in [2.24, 2.45) is 0 Å². The van der Waals surface area contributed by atoms with Gasteiger partial charge in [0.05, 0.1) is 29.7 Å². The van der Waals surface area contributed by atoms with Crippen LogP contribution in [0.5, 0.6) is 5.88 Å². The fraction of sp³-hybridized carbons (Fsp3) is 0.278. The zero-order valence-corrected chi connectivity index (χ0v) is 14.6. The fourth-order valence-electron chi connectivity index (χ4n) is 2.64. The monoisotopic (exact) mass is 355 g/mol. The van der Waals surface area contributed by atoms with E-state index in [0.717, 1.165) is 10.9 Å². The lowest BCUT2D eigenvalue weighted by molar-refractivity contribution is 0.148. The number of rotatable bonds is 6. The Kier molecular flexibility index (Phi) is 5.33. The molecule has 0 saturated heterocycles. The molecule has 2 atom stereocenters. The minimum absolute atomic E-state index is 0.360. The van der Waals surface area contributed by atoms with Crippen molar-refractivity contribution in [1.29, 1.82) is 0 Å². The second-order valence-electron chi connectivity index (χ2n) is 5.80. The normalized spacial score (nSPS) is 13.2. The molecule has 0 bridgehead atoms. The van der Waals surface area contributed by atoms with E-state index >= 15 is 0 Å². The summed E-state index contributed by atoms with van der Waals surface area (Å²) in [4.78, 5) is 16.5. The van der Waals surface area contributed by atoms with E-state index in [4.69, 9.17) is 4.74 Å². The highest BCUT2D eigenvalue weighted by atomic mass is 16.5. The van der Waals surface area contributed by atoms with Crippen LogP contribution in [0.4, 0.5) is 10.6 Å². The van der Waals surface area contributed by atoms with Gasteiger partial charge in [0.25, 0.3) is 0 Å². The summed E-state index contributed by atoms with van der Waals surface area (Å²) in [5.74, 6) is 0.836. The predicted octanol–water partition coefficient (Wildman–Crippen LogP) is 2.60. The van der Waals surface area contributed by atoms with Crippen molar-refractivity contribution >= 4 is 22.8 Å². The molecule has 2 aromatic heterocycles. The molecule has 0 unspecified atom stereocenters. The van der Waals surface area contributed by atoms with Crippen LogP contribution in [0, 0.1) is 0 Å². The van der Waals surface area contributed by atoms with Crippen molar-refractivity contribution in [2.45, 2.75) is 26.0 Å². The molecule has 4 N–H and O–H groups in total. The molecule has 2 amide bonds. The van der Waals surface area contributed by atoms with E-state index < -0.39 is 18.2 Å². The lowest BCUT2D eigenvalue weighted by Gasteiger charge is -2.22. The molecular weight excluding hydrogens is 334 g/mol. The zero-order valence-electron chi connectivity index (χ0n) is 14.6. The Morgan fingerprint density at radius 2 is 2.12 bits per heavy atom. The first-order valence-corrected chi connectivity index (χ1v) is 8.36. The van der Waals surface area contributed by atoms with Crippen LogP contribution in [0.15, 0.2) is 42.6 Å². The van der Waals surface area contributed by atoms with Gasteiger partial charge in [-0.25, -0.2) is 9.78 Å². The molecule has 0 radical (unpaired) electrons. The van der Waals surface area contributed by atoms with Crippen LogP contribution in [0.1, 0.15) is 25.5 Å². The number of amides is 2. The van der Waals surface area contributed by atoms with E-state index in [2.05, 4.69) is 25.8 Å². The largest absolute Gasteiger partial charge is 0.476 e. The first kappa shape index (κ1) is 17.7. The lowest BCUT2D eigenvalue weighted by Crippen LogP contribution is -2.37. The van der Waals surface area contributed by atoms with Gasteiger partial charge < -0.3 is 15.2 Å². The highest BCUT2D eigenvalue weighted by Crippen LogP contribution is 2.23. The summed E-state index contributed by atoms with van der Waals surface area (Å²) in [7, 11) is 0. The maximum absolute atomic E-state index is 12.3. The van der Waals surface area contributed by atoms with Gasteiger partial charge in [0, 0.05) is 12.3 Å². The Morgan fingerprint density at radius 1 is 1.35 bits per heavy atom. The van der Waals surface area contributed by atoms with Gasteiger partial charge in [-0.2, -0.15) is 0 Å². The Morgan fingerprint density at radius 3 is 2.81 bits per heavy atom. The summed E-state index contributed by atoms with van der Waals surface area (Å²) in [5, 5.41) is 23.1. The Balaban J connectivity index is 1.71. The number of hydrogen-bond acceptors (Lipinski definition) is 5. The number of benzene rings is 1. The highest BCUT2D eigenvalue weighted by molar-refractivity contribution is 5.92. The topological polar surface area (TPSA) is 112 Å². The summed E-state index contributed by atoms with van der Waals surface area (Å²) in [6.45, 7) is 4.00. The van der Waals surface area contributed by atoms with Gasteiger partial charge in [-0.3, -0.25) is 10.4 Å². The molecule has 0 aliphatic heterocycles. The maximum Gasteiger partial charge on any atom is 0.320 e. The van der Waals surface area contributed by atoms with Crippen LogP contribution >= 0.6 is 0 Å². The van der Waals surface area contributed by atoms with Crippen molar-refractivity contribution in [3.63, 3.8) is 0 Å². The van der Waals surface area contributed by atoms with Crippen molar-refractivity contribution < 1.29 is 14.6 Å². The van der Waals surface area contributed by atoms with Gasteiger partial charge in [0.1, 0.15) is 5.82 Å². The fourth-order valence-corrected chi connectivity index (χ4v) is 2.64. The Labute approximate surface area is 150 Å². The van der Waals surface area contributed by atoms with Crippen LogP contribution in [-0.2, 0) is 0 Å². The average molecular weight is 355 g/mol. The Bertz CT molecular complexity index is 879. The standard InChI is InChI=1S/C18H21N5O3/c1-3-26-17-13-10-19-15(9-14(13)22-23-17)20-18(25)21-16(11(2)24)12-7-5-4-6-8-12/h4-11,16,24H,3H2,1-2H3,(H,22,23)(H2,19,20,21,25)/t11-,16-/m1/s1. The summed E-state index contributed by atoms with van der Waals surface area (Å²) in [5.41, 5.74) is 1.52. The van der Waals surface area contributed by atoms with Crippen molar-refractivity contribution in [3.8, 4) is 5.88 Å². The van der Waals surface area contributed by atoms with Crippen molar-refractivity contribution in [1.82, 2.24) is 20.5 Å². The van der Waals surface area contributed by atoms with Gasteiger partial charge >= 0.3 is 6.03 Å². The maximum atomic E-state index is 12.3. The number of aromatic nitrogens is 3. The second-order valence-corrected chi connectivity index (χ2v) is 5.80. The van der Waals surface area contributed by atoms with E-state index in [1.165, 1.54) is 0 Å². The van der Waals surface area contributed by atoms with Crippen LogP contribution in [-0.4, -0.2) is 39.0 Å². The molecule has 1 aromatic carbocycles. The number of anilines is 1.